The predicted octanol–water partition coefficient (Wildman–Crippen LogP) is 2.36. The van der Waals surface area contributed by atoms with E-state index in [0.29, 0.717) is 8.95 Å². The van der Waals surface area contributed by atoms with Gasteiger partial charge in [0, 0.05) is 28.5 Å². The van der Waals surface area contributed by atoms with Gasteiger partial charge >= 0.3 is 0 Å². The minimum Gasteiger partial charge on any atom is -0.409 e. The molecule has 0 heterocycles. The molecule has 3 N–H and O–H groups in total. The molecule has 0 saturated heterocycles. The van der Waals surface area contributed by atoms with Crippen LogP contribution in [0.25, 0.3) is 0 Å². The number of nitrogens with zero attached hydrogens (tertiary/aromatic N) is 2. The van der Waals surface area contributed by atoms with Gasteiger partial charge in [0.25, 0.3) is 0 Å². The van der Waals surface area contributed by atoms with Gasteiger partial charge in [-0.15, -0.1) is 0 Å². The standard InChI is InChI=1S/C11H15Br2N3O3S/c1-7(5-11(14)15-17)16(2)20(18,19)10-6-8(12)3-4-9(10)13/h3-4,6-7,17H,5H2,1-2H3,(H2,14,15). The van der Waals surface area contributed by atoms with Crippen molar-refractivity contribution in [2.45, 2.75) is 24.3 Å². The molecule has 0 amide bonds. The van der Waals surface area contributed by atoms with E-state index in [0.717, 1.165) is 0 Å². The quantitative estimate of drug-likeness (QED) is 0.325. The van der Waals surface area contributed by atoms with E-state index in [9.17, 15) is 8.42 Å². The van der Waals surface area contributed by atoms with Crippen LogP contribution in [0.5, 0.6) is 0 Å². The van der Waals surface area contributed by atoms with Crippen molar-refractivity contribution in [3.05, 3.63) is 27.1 Å². The van der Waals surface area contributed by atoms with E-state index in [-0.39, 0.29) is 17.2 Å². The summed E-state index contributed by atoms with van der Waals surface area (Å²) in [6.45, 7) is 1.68. The molecule has 20 heavy (non-hydrogen) atoms. The van der Waals surface area contributed by atoms with Crippen LogP contribution in [0.4, 0.5) is 0 Å². The summed E-state index contributed by atoms with van der Waals surface area (Å²) < 4.78 is 27.4. The second kappa shape index (κ2) is 6.88. The molecule has 1 atom stereocenters. The van der Waals surface area contributed by atoms with E-state index in [2.05, 4.69) is 37.0 Å². The van der Waals surface area contributed by atoms with E-state index >= 15 is 0 Å². The molecule has 6 nitrogen and oxygen atoms in total. The Bertz CT molecular complexity index is 619. The maximum atomic E-state index is 12.5. The highest BCUT2D eigenvalue weighted by atomic mass is 79.9. The van der Waals surface area contributed by atoms with Gasteiger partial charge < -0.3 is 10.9 Å². The highest BCUT2D eigenvalue weighted by Crippen LogP contribution is 2.28. The van der Waals surface area contributed by atoms with E-state index in [1.807, 2.05) is 0 Å². The lowest BCUT2D eigenvalue weighted by atomic mass is 10.2. The first kappa shape index (κ1) is 17.4. The minimum atomic E-state index is -3.68. The third-order valence-electron chi connectivity index (χ3n) is 2.80. The number of hydrogen-bond acceptors (Lipinski definition) is 4. The molecule has 112 valence electrons. The van der Waals surface area contributed by atoms with E-state index in [4.69, 9.17) is 10.9 Å². The van der Waals surface area contributed by atoms with E-state index in [1.54, 1.807) is 19.1 Å². The molecule has 0 aliphatic carbocycles. The molecular formula is C11H15Br2N3O3S. The lowest BCUT2D eigenvalue weighted by Gasteiger charge is -2.24. The molecule has 1 aromatic carbocycles. The zero-order valence-electron chi connectivity index (χ0n) is 10.9. The van der Waals surface area contributed by atoms with E-state index in [1.165, 1.54) is 17.4 Å². The van der Waals surface area contributed by atoms with Crippen LogP contribution in [0.1, 0.15) is 13.3 Å². The van der Waals surface area contributed by atoms with Crippen LogP contribution in [0, 0.1) is 0 Å². The van der Waals surface area contributed by atoms with Crippen LogP contribution < -0.4 is 5.73 Å². The Labute approximate surface area is 134 Å². The summed E-state index contributed by atoms with van der Waals surface area (Å²) in [6.07, 6.45) is 0.137. The Morgan fingerprint density at radius 2 is 2.10 bits per heavy atom. The molecule has 1 rings (SSSR count). The topological polar surface area (TPSA) is 96.0 Å². The first-order valence-electron chi connectivity index (χ1n) is 5.59. The summed E-state index contributed by atoms with van der Waals surface area (Å²) in [5, 5.41) is 11.4. The first-order chi connectivity index (χ1) is 9.20. The first-order valence-corrected chi connectivity index (χ1v) is 8.62. The Kier molecular flexibility index (Phi) is 5.99. The van der Waals surface area contributed by atoms with Gasteiger partial charge in [0.1, 0.15) is 5.84 Å². The summed E-state index contributed by atoms with van der Waals surface area (Å²) in [5.74, 6) is -0.0205. The number of oxime groups is 1. The van der Waals surface area contributed by atoms with Crippen molar-refractivity contribution >= 4 is 47.7 Å². The van der Waals surface area contributed by atoms with Gasteiger partial charge in [0.2, 0.25) is 10.0 Å². The van der Waals surface area contributed by atoms with Crippen LogP contribution in [0.2, 0.25) is 0 Å². The Balaban J connectivity index is 3.12. The Hall–Kier alpha value is -0.640. The lowest BCUT2D eigenvalue weighted by molar-refractivity contribution is 0.313. The fraction of sp³-hybridized carbons (Fsp3) is 0.364. The SMILES string of the molecule is CC(CC(N)=NO)N(C)S(=O)(=O)c1cc(Br)ccc1Br. The van der Waals surface area contributed by atoms with Crippen LogP contribution >= 0.6 is 31.9 Å². The Morgan fingerprint density at radius 1 is 1.50 bits per heavy atom. The highest BCUT2D eigenvalue weighted by molar-refractivity contribution is 9.11. The summed E-state index contributed by atoms with van der Waals surface area (Å²) in [6, 6.07) is 4.47. The van der Waals surface area contributed by atoms with Gasteiger partial charge in [-0.1, -0.05) is 21.1 Å². The van der Waals surface area contributed by atoms with Crippen LogP contribution in [-0.2, 0) is 10.0 Å². The summed E-state index contributed by atoms with van der Waals surface area (Å²) >= 11 is 6.48. The minimum absolute atomic E-state index is 0.0205. The average Bonchev–Trinajstić information content (AvgIpc) is 2.40. The number of sulfonamides is 1. The Morgan fingerprint density at radius 3 is 2.65 bits per heavy atom. The number of rotatable bonds is 5. The number of halogens is 2. The second-order valence-electron chi connectivity index (χ2n) is 4.24. The van der Waals surface area contributed by atoms with Crippen molar-refractivity contribution in [2.75, 3.05) is 7.05 Å². The van der Waals surface area contributed by atoms with Gasteiger partial charge in [-0.25, -0.2) is 8.42 Å². The molecule has 0 aliphatic rings. The molecule has 0 aliphatic heterocycles. The van der Waals surface area contributed by atoms with Crippen molar-refractivity contribution in [3.63, 3.8) is 0 Å². The second-order valence-corrected chi connectivity index (χ2v) is 7.98. The molecule has 1 aromatic rings. The number of nitrogens with two attached hydrogens (primary N) is 1. The molecule has 0 radical (unpaired) electrons. The molecule has 0 saturated carbocycles. The van der Waals surface area contributed by atoms with Crippen LogP contribution in [0.15, 0.2) is 37.2 Å². The fourth-order valence-electron chi connectivity index (χ4n) is 1.54. The van der Waals surface area contributed by atoms with Crippen molar-refractivity contribution in [3.8, 4) is 0 Å². The third kappa shape index (κ3) is 3.94. The predicted molar refractivity (Wildman–Crippen MR) is 84.3 cm³/mol. The normalized spacial score (nSPS) is 14.6. The van der Waals surface area contributed by atoms with E-state index < -0.39 is 16.1 Å². The molecule has 0 bridgehead atoms. The van der Waals surface area contributed by atoms with Gasteiger partial charge in [-0.05, 0) is 41.1 Å². The average molecular weight is 429 g/mol. The van der Waals surface area contributed by atoms with Crippen molar-refractivity contribution in [2.24, 2.45) is 10.9 Å². The molecular weight excluding hydrogens is 414 g/mol. The van der Waals surface area contributed by atoms with Gasteiger partial charge in [-0.2, -0.15) is 4.31 Å². The largest absolute Gasteiger partial charge is 0.409 e. The monoisotopic (exact) mass is 427 g/mol. The summed E-state index contributed by atoms with van der Waals surface area (Å²) in [4.78, 5) is 0.153. The van der Waals surface area contributed by atoms with Gasteiger partial charge in [-0.3, -0.25) is 0 Å². The molecule has 0 fully saturated rings. The smallest absolute Gasteiger partial charge is 0.244 e. The molecule has 9 heteroatoms. The molecule has 0 spiro atoms. The van der Waals surface area contributed by atoms with Gasteiger partial charge in [0.05, 0.1) is 4.90 Å². The summed E-state index contributed by atoms with van der Waals surface area (Å²) in [5.41, 5.74) is 5.41. The maximum Gasteiger partial charge on any atom is 0.244 e. The van der Waals surface area contributed by atoms with Crippen molar-refractivity contribution in [1.82, 2.24) is 4.31 Å². The molecule has 0 aromatic heterocycles. The fourth-order valence-corrected chi connectivity index (χ4v) is 4.36. The van der Waals surface area contributed by atoms with Crippen LogP contribution in [-0.4, -0.2) is 36.9 Å². The zero-order valence-corrected chi connectivity index (χ0v) is 14.9. The molecule has 1 unspecified atom stereocenters. The lowest BCUT2D eigenvalue weighted by Crippen LogP contribution is -2.37. The number of amidine groups is 1. The number of hydrogen-bond donors (Lipinski definition) is 2. The van der Waals surface area contributed by atoms with Crippen molar-refractivity contribution in [1.29, 1.82) is 0 Å². The zero-order chi connectivity index (χ0) is 15.5. The van der Waals surface area contributed by atoms with Crippen molar-refractivity contribution < 1.29 is 13.6 Å². The number of benzene rings is 1. The maximum absolute atomic E-state index is 12.5. The van der Waals surface area contributed by atoms with Crippen LogP contribution in [0.3, 0.4) is 0 Å². The third-order valence-corrected chi connectivity index (χ3v) is 6.26. The highest BCUT2D eigenvalue weighted by Gasteiger charge is 2.28. The summed E-state index contributed by atoms with van der Waals surface area (Å²) in [7, 11) is -2.22. The van der Waals surface area contributed by atoms with Gasteiger partial charge in [0.15, 0.2) is 0 Å².